The fourth-order valence-electron chi connectivity index (χ4n) is 3.73. The van der Waals surface area contributed by atoms with Gasteiger partial charge in [-0.05, 0) is 42.3 Å². The Labute approximate surface area is 146 Å². The van der Waals surface area contributed by atoms with Crippen LogP contribution in [0.5, 0.6) is 0 Å². The Morgan fingerprint density at radius 3 is 2.54 bits per heavy atom. The molecule has 2 aliphatic rings. The molecule has 0 bridgehead atoms. The van der Waals surface area contributed by atoms with Crippen LogP contribution in [0.25, 0.3) is 0 Å². The number of fused-ring (bicyclic) bond motifs is 2. The van der Waals surface area contributed by atoms with Crippen molar-refractivity contribution in [2.45, 2.75) is 22.3 Å². The minimum atomic E-state index is 0.365. The summed E-state index contributed by atoms with van der Waals surface area (Å²) in [4.78, 5) is 5.22. The van der Waals surface area contributed by atoms with Crippen molar-refractivity contribution >= 4 is 28.8 Å². The highest BCUT2D eigenvalue weighted by molar-refractivity contribution is 7.99. The first kappa shape index (κ1) is 14.0. The van der Waals surface area contributed by atoms with Crippen molar-refractivity contribution in [2.24, 2.45) is 0 Å². The topological polar surface area (TPSA) is 15.3 Å². The summed E-state index contributed by atoms with van der Waals surface area (Å²) in [5, 5.41) is 3.72. The predicted molar refractivity (Wildman–Crippen MR) is 101 cm³/mol. The van der Waals surface area contributed by atoms with Gasteiger partial charge in [0.1, 0.15) is 0 Å². The number of nitrogens with one attached hydrogen (secondary N) is 1. The zero-order chi connectivity index (χ0) is 15.9. The quantitative estimate of drug-likeness (QED) is 0.635. The number of para-hydroxylation sites is 3. The van der Waals surface area contributed by atoms with Gasteiger partial charge in [-0.3, -0.25) is 0 Å². The lowest BCUT2D eigenvalue weighted by molar-refractivity contribution is 0.653. The maximum Gasteiger partial charge on any atom is 0.0606 e. The van der Waals surface area contributed by atoms with E-state index in [1.165, 1.54) is 32.4 Å². The summed E-state index contributed by atoms with van der Waals surface area (Å²) in [5.41, 5.74) is 5.34. The van der Waals surface area contributed by atoms with Crippen LogP contribution in [0.3, 0.4) is 0 Å². The van der Waals surface area contributed by atoms with Crippen LogP contribution in [0.4, 0.5) is 17.1 Å². The first-order chi connectivity index (χ1) is 11.9. The fraction of sp³-hybridized carbons (Fsp3) is 0.143. The molecule has 1 atom stereocenters. The van der Waals surface area contributed by atoms with Crippen molar-refractivity contribution in [2.75, 3.05) is 16.8 Å². The van der Waals surface area contributed by atoms with E-state index in [4.69, 9.17) is 0 Å². The van der Waals surface area contributed by atoms with Crippen molar-refractivity contribution in [3.8, 4) is 0 Å². The lowest BCUT2D eigenvalue weighted by atomic mass is 9.95. The smallest absolute Gasteiger partial charge is 0.0606 e. The van der Waals surface area contributed by atoms with E-state index >= 15 is 0 Å². The van der Waals surface area contributed by atoms with Crippen molar-refractivity contribution in [1.29, 1.82) is 0 Å². The number of benzene rings is 3. The standard InChI is InChI=1S/C21H18N2S/c1-2-7-15(8-3-1)22-17-13-14-23-18-10-4-5-11-19(18)24-20-12-6-9-16(17)21(20)23/h1-12,17,22H,13-14H2. The Bertz CT molecular complexity index is 891. The highest BCUT2D eigenvalue weighted by Gasteiger charge is 2.32. The lowest BCUT2D eigenvalue weighted by Gasteiger charge is -2.40. The third kappa shape index (κ3) is 2.20. The molecule has 0 aliphatic carbocycles. The largest absolute Gasteiger partial charge is 0.378 e. The number of hydrogen-bond acceptors (Lipinski definition) is 3. The van der Waals surface area contributed by atoms with Crippen LogP contribution >= 0.6 is 11.8 Å². The molecule has 1 unspecified atom stereocenters. The average molecular weight is 330 g/mol. The molecule has 0 aromatic heterocycles. The molecule has 2 nitrogen and oxygen atoms in total. The molecule has 3 aromatic carbocycles. The van der Waals surface area contributed by atoms with Crippen molar-refractivity contribution in [1.82, 2.24) is 0 Å². The Morgan fingerprint density at radius 1 is 0.833 bits per heavy atom. The number of anilines is 3. The number of rotatable bonds is 2. The van der Waals surface area contributed by atoms with Crippen LogP contribution in [-0.4, -0.2) is 6.54 Å². The van der Waals surface area contributed by atoms with E-state index in [-0.39, 0.29) is 0 Å². The van der Waals surface area contributed by atoms with E-state index in [2.05, 4.69) is 83.0 Å². The number of nitrogens with zero attached hydrogens (tertiary/aromatic N) is 1. The van der Waals surface area contributed by atoms with E-state index in [0.29, 0.717) is 6.04 Å². The Balaban J connectivity index is 1.58. The van der Waals surface area contributed by atoms with Crippen LogP contribution in [-0.2, 0) is 0 Å². The van der Waals surface area contributed by atoms with Gasteiger partial charge < -0.3 is 10.2 Å². The van der Waals surface area contributed by atoms with Gasteiger partial charge in [-0.15, -0.1) is 0 Å². The van der Waals surface area contributed by atoms with E-state index in [9.17, 15) is 0 Å². The first-order valence-corrected chi connectivity index (χ1v) is 9.21. The van der Waals surface area contributed by atoms with Crippen molar-refractivity contribution < 1.29 is 0 Å². The highest BCUT2D eigenvalue weighted by Crippen LogP contribution is 2.53. The van der Waals surface area contributed by atoms with Crippen LogP contribution < -0.4 is 10.2 Å². The Hall–Kier alpha value is -2.39. The summed E-state index contributed by atoms with van der Waals surface area (Å²) >= 11 is 1.89. The molecule has 3 aromatic rings. The molecule has 0 saturated carbocycles. The second kappa shape index (κ2) is 5.60. The van der Waals surface area contributed by atoms with E-state index in [1.807, 2.05) is 11.8 Å². The van der Waals surface area contributed by atoms with Crippen LogP contribution in [0, 0.1) is 0 Å². The van der Waals surface area contributed by atoms with Gasteiger partial charge >= 0.3 is 0 Å². The minimum Gasteiger partial charge on any atom is -0.378 e. The van der Waals surface area contributed by atoms with Crippen molar-refractivity contribution in [3.05, 3.63) is 78.4 Å². The van der Waals surface area contributed by atoms with Gasteiger partial charge in [0.05, 0.1) is 17.4 Å². The molecule has 0 spiro atoms. The molecule has 118 valence electrons. The van der Waals surface area contributed by atoms with Gasteiger partial charge in [0.2, 0.25) is 0 Å². The highest BCUT2D eigenvalue weighted by atomic mass is 32.2. The first-order valence-electron chi connectivity index (χ1n) is 8.39. The van der Waals surface area contributed by atoms with Gasteiger partial charge in [-0.1, -0.05) is 54.2 Å². The summed E-state index contributed by atoms with van der Waals surface area (Å²) < 4.78 is 0. The molecular weight excluding hydrogens is 312 g/mol. The lowest BCUT2D eigenvalue weighted by Crippen LogP contribution is -2.31. The fourth-order valence-corrected chi connectivity index (χ4v) is 4.87. The van der Waals surface area contributed by atoms with Crippen LogP contribution in [0.15, 0.2) is 82.6 Å². The molecule has 1 N–H and O–H groups in total. The second-order valence-corrected chi connectivity index (χ2v) is 7.35. The Morgan fingerprint density at radius 2 is 1.62 bits per heavy atom. The van der Waals surface area contributed by atoms with E-state index in [1.54, 1.807) is 0 Å². The summed E-state index contributed by atoms with van der Waals surface area (Å²) in [6.45, 7) is 1.05. The molecule has 0 amide bonds. The van der Waals surface area contributed by atoms with E-state index in [0.717, 1.165) is 13.0 Å². The minimum absolute atomic E-state index is 0.365. The van der Waals surface area contributed by atoms with E-state index < -0.39 is 0 Å². The third-order valence-corrected chi connectivity index (χ3v) is 5.92. The molecule has 0 radical (unpaired) electrons. The van der Waals surface area contributed by atoms with Gasteiger partial charge in [0.15, 0.2) is 0 Å². The molecular formula is C21H18N2S. The monoisotopic (exact) mass is 330 g/mol. The summed E-state index contributed by atoms with van der Waals surface area (Å²) in [7, 11) is 0. The molecule has 0 saturated heterocycles. The maximum absolute atomic E-state index is 3.72. The van der Waals surface area contributed by atoms with Gasteiger partial charge in [0.25, 0.3) is 0 Å². The van der Waals surface area contributed by atoms with Gasteiger partial charge in [-0.25, -0.2) is 0 Å². The van der Waals surface area contributed by atoms with Crippen LogP contribution in [0.1, 0.15) is 18.0 Å². The zero-order valence-corrected chi connectivity index (χ0v) is 14.1. The molecule has 2 aliphatic heterocycles. The van der Waals surface area contributed by atoms with Gasteiger partial charge in [-0.2, -0.15) is 0 Å². The maximum atomic E-state index is 3.72. The SMILES string of the molecule is c1ccc(NC2CCN3c4ccccc4Sc4cccc2c43)cc1. The molecule has 0 fully saturated rings. The molecule has 2 heterocycles. The van der Waals surface area contributed by atoms with Crippen molar-refractivity contribution in [3.63, 3.8) is 0 Å². The predicted octanol–water partition coefficient (Wildman–Crippen LogP) is 5.85. The zero-order valence-electron chi connectivity index (χ0n) is 13.3. The number of hydrogen-bond donors (Lipinski definition) is 1. The molecule has 24 heavy (non-hydrogen) atoms. The van der Waals surface area contributed by atoms with Gasteiger partial charge in [0, 0.05) is 22.0 Å². The van der Waals surface area contributed by atoms with Crippen LogP contribution in [0.2, 0.25) is 0 Å². The molecule has 3 heteroatoms. The summed E-state index contributed by atoms with van der Waals surface area (Å²) in [6, 6.07) is 26.3. The Kier molecular flexibility index (Phi) is 3.27. The summed E-state index contributed by atoms with van der Waals surface area (Å²) in [6.07, 6.45) is 1.10. The normalized spacial score (nSPS) is 17.8. The third-order valence-electron chi connectivity index (χ3n) is 4.81. The second-order valence-electron chi connectivity index (χ2n) is 6.27. The molecule has 5 rings (SSSR count). The summed E-state index contributed by atoms with van der Waals surface area (Å²) in [5.74, 6) is 0. The average Bonchev–Trinajstić information content (AvgIpc) is 2.64.